The quantitative estimate of drug-likeness (QED) is 0.329. The zero-order chi connectivity index (χ0) is 17.5. The Bertz CT molecular complexity index is 747. The number of rotatable bonds is 7. The highest BCUT2D eigenvalue weighted by atomic mass is 16.6. The van der Waals surface area contributed by atoms with E-state index in [1.54, 1.807) is 12.1 Å². The van der Waals surface area contributed by atoms with E-state index in [0.717, 1.165) is 24.3 Å². The van der Waals surface area contributed by atoms with E-state index in [1.807, 2.05) is 24.3 Å². The van der Waals surface area contributed by atoms with Crippen molar-refractivity contribution in [2.75, 3.05) is 18.0 Å². The van der Waals surface area contributed by atoms with Crippen molar-refractivity contribution in [2.24, 2.45) is 0 Å². The lowest BCUT2D eigenvalue weighted by atomic mass is 10.1. The summed E-state index contributed by atoms with van der Waals surface area (Å²) in [6, 6.07) is 13.7. The average Bonchev–Trinajstić information content (AvgIpc) is 2.62. The summed E-state index contributed by atoms with van der Waals surface area (Å²) in [5, 5.41) is 10.8. The molecule has 0 aliphatic heterocycles. The Kier molecular flexibility index (Phi) is 5.84. The predicted molar refractivity (Wildman–Crippen MR) is 96.5 cm³/mol. The molecule has 0 saturated carbocycles. The van der Waals surface area contributed by atoms with Crippen LogP contribution in [0.3, 0.4) is 0 Å². The zero-order valence-electron chi connectivity index (χ0n) is 13.8. The maximum absolute atomic E-state index is 12.1. The Labute approximate surface area is 141 Å². The van der Waals surface area contributed by atoms with Crippen molar-refractivity contribution < 1.29 is 9.72 Å². The zero-order valence-corrected chi connectivity index (χ0v) is 13.8. The standard InChI is InChI=1S/C19H20N2O3/c1-3-20(4-2)17-11-8-15(9-12-17)10-13-19(22)16-6-5-7-18(14-16)21(23)24/h5-14H,3-4H2,1-2H3/b13-10+. The SMILES string of the molecule is CCN(CC)c1ccc(/C=C/C(=O)c2cccc([N+](=O)[O-])c2)cc1. The molecule has 0 fully saturated rings. The van der Waals surface area contributed by atoms with Crippen LogP contribution in [0.1, 0.15) is 29.8 Å². The van der Waals surface area contributed by atoms with Gasteiger partial charge in [0.2, 0.25) is 0 Å². The van der Waals surface area contributed by atoms with Crippen LogP contribution >= 0.6 is 0 Å². The van der Waals surface area contributed by atoms with Crippen LogP contribution < -0.4 is 4.90 Å². The second-order valence-corrected chi connectivity index (χ2v) is 5.27. The Morgan fingerprint density at radius 3 is 2.38 bits per heavy atom. The molecule has 0 aliphatic rings. The van der Waals surface area contributed by atoms with Crippen LogP contribution in [0.5, 0.6) is 0 Å². The maximum Gasteiger partial charge on any atom is 0.270 e. The van der Waals surface area contributed by atoms with Crippen LogP contribution in [-0.4, -0.2) is 23.8 Å². The fraction of sp³-hybridized carbons (Fsp3) is 0.211. The van der Waals surface area contributed by atoms with Crippen LogP contribution in [0.2, 0.25) is 0 Å². The average molecular weight is 324 g/mol. The van der Waals surface area contributed by atoms with Gasteiger partial charge in [0.1, 0.15) is 0 Å². The van der Waals surface area contributed by atoms with E-state index in [2.05, 4.69) is 18.7 Å². The van der Waals surface area contributed by atoms with Gasteiger partial charge in [-0.05, 0) is 37.6 Å². The molecule has 0 unspecified atom stereocenters. The van der Waals surface area contributed by atoms with Gasteiger partial charge in [-0.2, -0.15) is 0 Å². The van der Waals surface area contributed by atoms with Crippen molar-refractivity contribution in [1.29, 1.82) is 0 Å². The first-order valence-electron chi connectivity index (χ1n) is 7.87. The van der Waals surface area contributed by atoms with Crippen molar-refractivity contribution in [3.63, 3.8) is 0 Å². The first-order valence-corrected chi connectivity index (χ1v) is 7.87. The minimum atomic E-state index is -0.508. The smallest absolute Gasteiger partial charge is 0.270 e. The monoisotopic (exact) mass is 324 g/mol. The highest BCUT2D eigenvalue weighted by Crippen LogP contribution is 2.17. The second-order valence-electron chi connectivity index (χ2n) is 5.27. The number of carbonyl (C=O) groups is 1. The molecule has 0 atom stereocenters. The molecule has 0 bridgehead atoms. The predicted octanol–water partition coefficient (Wildman–Crippen LogP) is 4.34. The summed E-state index contributed by atoms with van der Waals surface area (Å²) in [4.78, 5) is 24.6. The number of hydrogen-bond donors (Lipinski definition) is 0. The van der Waals surface area contributed by atoms with Crippen molar-refractivity contribution in [2.45, 2.75) is 13.8 Å². The molecule has 0 saturated heterocycles. The van der Waals surface area contributed by atoms with Crippen LogP contribution in [0.4, 0.5) is 11.4 Å². The maximum atomic E-state index is 12.1. The first-order chi connectivity index (χ1) is 11.5. The number of nitro groups is 1. The van der Waals surface area contributed by atoms with Crippen LogP contribution in [-0.2, 0) is 0 Å². The summed E-state index contributed by atoms with van der Waals surface area (Å²) >= 11 is 0. The van der Waals surface area contributed by atoms with Gasteiger partial charge in [-0.1, -0.05) is 30.3 Å². The third-order valence-corrected chi connectivity index (χ3v) is 3.79. The largest absolute Gasteiger partial charge is 0.372 e. The van der Waals surface area contributed by atoms with Gasteiger partial charge in [-0.15, -0.1) is 0 Å². The van der Waals surface area contributed by atoms with E-state index < -0.39 is 4.92 Å². The summed E-state index contributed by atoms with van der Waals surface area (Å²) in [6.45, 7) is 6.10. The van der Waals surface area contributed by atoms with Gasteiger partial charge in [0.25, 0.3) is 5.69 Å². The lowest BCUT2D eigenvalue weighted by Gasteiger charge is -2.20. The van der Waals surface area contributed by atoms with Gasteiger partial charge < -0.3 is 4.90 Å². The lowest BCUT2D eigenvalue weighted by Crippen LogP contribution is -2.21. The van der Waals surface area contributed by atoms with Crippen LogP contribution in [0.15, 0.2) is 54.6 Å². The van der Waals surface area contributed by atoms with E-state index in [-0.39, 0.29) is 11.5 Å². The Morgan fingerprint density at radius 1 is 1.12 bits per heavy atom. The van der Waals surface area contributed by atoms with Crippen molar-refractivity contribution in [3.8, 4) is 0 Å². The number of benzene rings is 2. The number of nitro benzene ring substituents is 1. The highest BCUT2D eigenvalue weighted by Gasteiger charge is 2.09. The minimum absolute atomic E-state index is 0.0853. The fourth-order valence-electron chi connectivity index (χ4n) is 2.43. The Hall–Kier alpha value is -2.95. The van der Waals surface area contributed by atoms with Gasteiger partial charge >= 0.3 is 0 Å². The molecule has 0 aromatic heterocycles. The molecular formula is C19H20N2O3. The number of hydrogen-bond acceptors (Lipinski definition) is 4. The third kappa shape index (κ3) is 4.29. The van der Waals surface area contributed by atoms with Crippen LogP contribution in [0.25, 0.3) is 6.08 Å². The Balaban J connectivity index is 2.11. The molecule has 0 heterocycles. The number of carbonyl (C=O) groups excluding carboxylic acids is 1. The lowest BCUT2D eigenvalue weighted by molar-refractivity contribution is -0.384. The molecule has 2 aromatic carbocycles. The summed E-state index contributed by atoms with van der Waals surface area (Å²) in [5.74, 6) is -0.258. The summed E-state index contributed by atoms with van der Waals surface area (Å²) in [5.41, 5.74) is 2.27. The first kappa shape index (κ1) is 17.4. The molecular weight excluding hydrogens is 304 g/mol. The topological polar surface area (TPSA) is 63.5 Å². The number of allylic oxidation sites excluding steroid dienone is 1. The van der Waals surface area contributed by atoms with Gasteiger partial charge in [0.15, 0.2) is 5.78 Å². The summed E-state index contributed by atoms with van der Waals surface area (Å²) in [6.07, 6.45) is 3.15. The van der Waals surface area contributed by atoms with E-state index in [1.165, 1.54) is 24.3 Å². The summed E-state index contributed by atoms with van der Waals surface area (Å²) < 4.78 is 0. The normalized spacial score (nSPS) is 10.8. The molecule has 0 aliphatic carbocycles. The van der Waals surface area contributed by atoms with Gasteiger partial charge in [0.05, 0.1) is 4.92 Å². The fourth-order valence-corrected chi connectivity index (χ4v) is 2.43. The van der Waals surface area contributed by atoms with E-state index in [0.29, 0.717) is 5.56 Å². The van der Waals surface area contributed by atoms with Gasteiger partial charge in [-0.3, -0.25) is 14.9 Å². The molecule has 5 nitrogen and oxygen atoms in total. The number of ketones is 1. The summed E-state index contributed by atoms with van der Waals surface area (Å²) in [7, 11) is 0. The second kappa shape index (κ2) is 8.06. The molecule has 0 spiro atoms. The third-order valence-electron chi connectivity index (χ3n) is 3.79. The van der Waals surface area contributed by atoms with E-state index in [9.17, 15) is 14.9 Å². The van der Waals surface area contributed by atoms with Gasteiger partial charge in [0, 0.05) is 36.5 Å². The Morgan fingerprint density at radius 2 is 1.79 bits per heavy atom. The van der Waals surface area contributed by atoms with Crippen molar-refractivity contribution in [1.82, 2.24) is 0 Å². The number of anilines is 1. The van der Waals surface area contributed by atoms with Crippen LogP contribution in [0, 0.1) is 10.1 Å². The molecule has 0 radical (unpaired) electrons. The molecule has 2 rings (SSSR count). The number of nitrogens with zero attached hydrogens (tertiary/aromatic N) is 2. The molecule has 2 aromatic rings. The van der Waals surface area contributed by atoms with Crippen molar-refractivity contribution >= 4 is 23.2 Å². The van der Waals surface area contributed by atoms with Gasteiger partial charge in [-0.25, -0.2) is 0 Å². The van der Waals surface area contributed by atoms with E-state index >= 15 is 0 Å². The van der Waals surface area contributed by atoms with Crippen molar-refractivity contribution in [3.05, 3.63) is 75.8 Å². The molecule has 5 heteroatoms. The minimum Gasteiger partial charge on any atom is -0.372 e. The molecule has 124 valence electrons. The highest BCUT2D eigenvalue weighted by molar-refractivity contribution is 6.07. The van der Waals surface area contributed by atoms with E-state index in [4.69, 9.17) is 0 Å². The molecule has 0 amide bonds. The number of non-ortho nitro benzene ring substituents is 1. The molecule has 24 heavy (non-hydrogen) atoms. The molecule has 0 N–H and O–H groups in total.